The molecule has 102 valence electrons. The average Bonchev–Trinajstić information content (AvgIpc) is 2.20. The lowest BCUT2D eigenvalue weighted by Gasteiger charge is -2.14. The molecule has 0 saturated carbocycles. The van der Waals surface area contributed by atoms with E-state index in [0.717, 1.165) is 11.1 Å². The van der Waals surface area contributed by atoms with Crippen molar-refractivity contribution in [2.45, 2.75) is 27.7 Å². The highest BCUT2D eigenvalue weighted by molar-refractivity contribution is 5.76. The Labute approximate surface area is 132 Å². The molecule has 1 N–H and O–H groups in total. The SMILES string of the molecule is Cc1cc(O)cc(C)c1-c1c(C)c[n+](C)cc1C.[I-]. The Balaban J connectivity index is 0.00000180. The molecule has 1 aromatic heterocycles. The van der Waals surface area contributed by atoms with E-state index < -0.39 is 0 Å². The zero-order chi connectivity index (χ0) is 13.4. The number of aryl methyl sites for hydroxylation is 5. The number of rotatable bonds is 1. The molecule has 0 atom stereocenters. The van der Waals surface area contributed by atoms with Crippen LogP contribution >= 0.6 is 0 Å². The van der Waals surface area contributed by atoms with Gasteiger partial charge in [-0.25, -0.2) is 4.57 Å². The highest BCUT2D eigenvalue weighted by atomic mass is 127. The molecule has 0 radical (unpaired) electrons. The first-order valence-electron chi connectivity index (χ1n) is 6.17. The van der Waals surface area contributed by atoms with Gasteiger partial charge in [0.1, 0.15) is 12.8 Å². The zero-order valence-electron chi connectivity index (χ0n) is 12.1. The number of hydrogen-bond acceptors (Lipinski definition) is 1. The molecule has 1 aromatic carbocycles. The molecule has 0 spiro atoms. The van der Waals surface area contributed by atoms with Crippen molar-refractivity contribution in [3.63, 3.8) is 0 Å². The molecule has 2 nitrogen and oxygen atoms in total. The number of halogens is 1. The molecule has 2 aromatic rings. The van der Waals surface area contributed by atoms with Gasteiger partial charge in [-0.1, -0.05) is 0 Å². The number of aromatic hydroxyl groups is 1. The lowest BCUT2D eigenvalue weighted by molar-refractivity contribution is -0.672. The normalized spacial score (nSPS) is 10.2. The number of nitrogens with zero attached hydrogens (tertiary/aromatic N) is 1. The molecular weight excluding hydrogens is 349 g/mol. The second kappa shape index (κ2) is 5.90. The number of pyridine rings is 1. The Morgan fingerprint density at radius 2 is 1.16 bits per heavy atom. The monoisotopic (exact) mass is 369 g/mol. The molecule has 19 heavy (non-hydrogen) atoms. The van der Waals surface area contributed by atoms with E-state index in [4.69, 9.17) is 0 Å². The molecule has 0 amide bonds. The number of phenols is 1. The molecule has 1 heterocycles. The molecule has 0 bridgehead atoms. The van der Waals surface area contributed by atoms with E-state index in [1.54, 1.807) is 0 Å². The second-order valence-corrected chi connectivity index (χ2v) is 5.12. The van der Waals surface area contributed by atoms with Gasteiger partial charge in [0.2, 0.25) is 0 Å². The van der Waals surface area contributed by atoms with Crippen LogP contribution < -0.4 is 28.5 Å². The van der Waals surface area contributed by atoms with Crippen LogP contribution in [0, 0.1) is 27.7 Å². The van der Waals surface area contributed by atoms with Gasteiger partial charge in [-0.15, -0.1) is 0 Å². The summed E-state index contributed by atoms with van der Waals surface area (Å²) in [5.74, 6) is 0.338. The Kier molecular flexibility index (Phi) is 4.96. The number of benzene rings is 1. The Morgan fingerprint density at radius 1 is 0.789 bits per heavy atom. The third-order valence-corrected chi connectivity index (χ3v) is 3.35. The van der Waals surface area contributed by atoms with Crippen molar-refractivity contribution < 1.29 is 33.7 Å². The predicted molar refractivity (Wildman–Crippen MR) is 73.7 cm³/mol. The van der Waals surface area contributed by atoms with E-state index in [2.05, 4.69) is 30.8 Å². The van der Waals surface area contributed by atoms with Crippen molar-refractivity contribution in [2.75, 3.05) is 0 Å². The first-order chi connectivity index (χ1) is 8.40. The van der Waals surface area contributed by atoms with Gasteiger partial charge in [-0.2, -0.15) is 0 Å². The zero-order valence-corrected chi connectivity index (χ0v) is 14.2. The van der Waals surface area contributed by atoms with Crippen LogP contribution in [0.2, 0.25) is 0 Å². The van der Waals surface area contributed by atoms with E-state index >= 15 is 0 Å². The van der Waals surface area contributed by atoms with Crippen LogP contribution in [0.5, 0.6) is 5.75 Å². The van der Waals surface area contributed by atoms with E-state index in [1.165, 1.54) is 22.3 Å². The second-order valence-electron chi connectivity index (χ2n) is 5.12. The van der Waals surface area contributed by atoms with Crippen molar-refractivity contribution in [1.29, 1.82) is 0 Å². The van der Waals surface area contributed by atoms with Gasteiger partial charge in [0, 0.05) is 11.1 Å². The van der Waals surface area contributed by atoms with Crippen LogP contribution in [0.4, 0.5) is 0 Å². The molecule has 0 saturated heterocycles. The van der Waals surface area contributed by atoms with Gasteiger partial charge < -0.3 is 29.1 Å². The fourth-order valence-corrected chi connectivity index (χ4v) is 2.82. The van der Waals surface area contributed by atoms with Gasteiger partial charge in [0.25, 0.3) is 0 Å². The lowest BCUT2D eigenvalue weighted by Crippen LogP contribution is -3.00. The fraction of sp³-hybridized carbons (Fsp3) is 0.312. The molecule has 0 aliphatic carbocycles. The van der Waals surface area contributed by atoms with Crippen molar-refractivity contribution in [3.8, 4) is 16.9 Å². The summed E-state index contributed by atoms with van der Waals surface area (Å²) in [5.41, 5.74) is 7.27. The number of aromatic nitrogens is 1. The van der Waals surface area contributed by atoms with Crippen molar-refractivity contribution in [1.82, 2.24) is 0 Å². The minimum atomic E-state index is 0. The summed E-state index contributed by atoms with van der Waals surface area (Å²) < 4.78 is 2.08. The predicted octanol–water partition coefficient (Wildman–Crippen LogP) is 0.121. The van der Waals surface area contributed by atoms with E-state index in [1.807, 2.05) is 33.0 Å². The van der Waals surface area contributed by atoms with Gasteiger partial charge in [0.15, 0.2) is 12.4 Å². The Bertz CT molecular complexity index is 519. The van der Waals surface area contributed by atoms with Crippen LogP contribution in [0.25, 0.3) is 11.1 Å². The van der Waals surface area contributed by atoms with Crippen LogP contribution in [0.15, 0.2) is 24.5 Å². The van der Waals surface area contributed by atoms with Crippen molar-refractivity contribution in [2.24, 2.45) is 7.05 Å². The number of hydrogen-bond donors (Lipinski definition) is 1. The molecule has 0 unspecified atom stereocenters. The van der Waals surface area contributed by atoms with E-state index in [9.17, 15) is 5.11 Å². The molecular formula is C16H20INO. The third kappa shape index (κ3) is 3.08. The summed E-state index contributed by atoms with van der Waals surface area (Å²) in [6, 6.07) is 3.66. The molecule has 2 rings (SSSR count). The first-order valence-corrected chi connectivity index (χ1v) is 6.17. The van der Waals surface area contributed by atoms with Gasteiger partial charge in [-0.05, 0) is 62.1 Å². The minimum Gasteiger partial charge on any atom is -1.00 e. The Morgan fingerprint density at radius 3 is 1.58 bits per heavy atom. The van der Waals surface area contributed by atoms with Gasteiger partial charge in [0.05, 0.1) is 0 Å². The minimum absolute atomic E-state index is 0. The summed E-state index contributed by atoms with van der Waals surface area (Å²) in [5, 5.41) is 9.64. The first kappa shape index (κ1) is 16.0. The topological polar surface area (TPSA) is 24.1 Å². The molecule has 0 aliphatic heterocycles. The average molecular weight is 369 g/mol. The molecule has 3 heteroatoms. The maximum Gasteiger partial charge on any atom is 0.172 e. The smallest absolute Gasteiger partial charge is 0.172 e. The summed E-state index contributed by atoms with van der Waals surface area (Å²) >= 11 is 0. The van der Waals surface area contributed by atoms with Crippen LogP contribution in [0.3, 0.4) is 0 Å². The van der Waals surface area contributed by atoms with Gasteiger partial charge in [-0.3, -0.25) is 0 Å². The highest BCUT2D eigenvalue weighted by Gasteiger charge is 2.15. The molecule has 0 aliphatic rings. The van der Waals surface area contributed by atoms with Crippen molar-refractivity contribution in [3.05, 3.63) is 46.8 Å². The van der Waals surface area contributed by atoms with Crippen LogP contribution in [0.1, 0.15) is 22.3 Å². The summed E-state index contributed by atoms with van der Waals surface area (Å²) in [6.45, 7) is 8.37. The van der Waals surface area contributed by atoms with E-state index in [-0.39, 0.29) is 24.0 Å². The lowest BCUT2D eigenvalue weighted by atomic mass is 9.91. The summed E-state index contributed by atoms with van der Waals surface area (Å²) in [4.78, 5) is 0. The maximum absolute atomic E-state index is 9.64. The highest BCUT2D eigenvalue weighted by Crippen LogP contribution is 2.33. The fourth-order valence-electron chi connectivity index (χ4n) is 2.82. The third-order valence-electron chi connectivity index (χ3n) is 3.35. The number of phenolic OH excluding ortho intramolecular Hbond substituents is 1. The van der Waals surface area contributed by atoms with E-state index in [0.29, 0.717) is 5.75 Å². The van der Waals surface area contributed by atoms with Gasteiger partial charge >= 0.3 is 0 Å². The molecule has 0 fully saturated rings. The standard InChI is InChI=1S/C16H19NO.HI/c1-10-6-14(18)7-11(2)15(10)16-12(3)8-17(5)9-13(16)4;/h6-9H,1-5H3;1H. The largest absolute Gasteiger partial charge is 1.00 e. The maximum atomic E-state index is 9.64. The summed E-state index contributed by atoms with van der Waals surface area (Å²) in [6.07, 6.45) is 4.27. The van der Waals surface area contributed by atoms with Crippen molar-refractivity contribution >= 4 is 0 Å². The van der Waals surface area contributed by atoms with Crippen LogP contribution in [-0.4, -0.2) is 5.11 Å². The van der Waals surface area contributed by atoms with Crippen LogP contribution in [-0.2, 0) is 7.05 Å². The Hall–Kier alpha value is -1.10. The quantitative estimate of drug-likeness (QED) is 0.561. The summed E-state index contributed by atoms with van der Waals surface area (Å²) in [7, 11) is 2.04.